The van der Waals surface area contributed by atoms with Crippen molar-refractivity contribution in [2.24, 2.45) is 5.16 Å². The first kappa shape index (κ1) is 19.3. The minimum Gasteiger partial charge on any atom is -0.477 e. The third-order valence-corrected chi connectivity index (χ3v) is 5.41. The van der Waals surface area contributed by atoms with Gasteiger partial charge in [-0.15, -0.1) is 0 Å². The summed E-state index contributed by atoms with van der Waals surface area (Å²) in [5.41, 5.74) is 0.0697. The molecule has 1 aliphatic carbocycles. The van der Waals surface area contributed by atoms with Crippen molar-refractivity contribution in [3.05, 3.63) is 33.9 Å². The second-order valence-electron chi connectivity index (χ2n) is 7.28. The van der Waals surface area contributed by atoms with Gasteiger partial charge in [0, 0.05) is 31.7 Å². The van der Waals surface area contributed by atoms with Crippen LogP contribution < -0.4 is 15.6 Å². The number of carbonyl (C=O) groups is 1. The van der Waals surface area contributed by atoms with Gasteiger partial charge in [0.2, 0.25) is 5.43 Å². The lowest BCUT2D eigenvalue weighted by Gasteiger charge is -2.34. The Labute approximate surface area is 165 Å². The van der Waals surface area contributed by atoms with Crippen LogP contribution in [-0.2, 0) is 4.84 Å². The number of hydrogen-bond donors (Lipinski definition) is 2. The van der Waals surface area contributed by atoms with Gasteiger partial charge < -0.3 is 24.7 Å². The maximum atomic E-state index is 15.0. The molecule has 154 valence electrons. The number of hydrogen-bond acceptors (Lipinski definition) is 7. The maximum Gasteiger partial charge on any atom is 0.341 e. The highest BCUT2D eigenvalue weighted by atomic mass is 19.1. The number of nitrogens with zero attached hydrogens (tertiary/aromatic N) is 4. The molecule has 2 aromatic heterocycles. The Hall–Kier alpha value is -3.01. The second kappa shape index (κ2) is 7.43. The summed E-state index contributed by atoms with van der Waals surface area (Å²) in [6.07, 6.45) is 3.64. The smallest absolute Gasteiger partial charge is 0.341 e. The third kappa shape index (κ3) is 3.44. The van der Waals surface area contributed by atoms with E-state index in [2.05, 4.69) is 15.5 Å². The molecule has 2 aliphatic rings. The van der Waals surface area contributed by atoms with E-state index < -0.39 is 17.2 Å². The number of oxime groups is 1. The van der Waals surface area contributed by atoms with Crippen LogP contribution in [0.5, 0.6) is 0 Å². The molecule has 9 nitrogen and oxygen atoms in total. The number of halogens is 1. The number of nitrogens with one attached hydrogen (secondary N) is 1. The normalized spacial score (nSPS) is 21.0. The summed E-state index contributed by atoms with van der Waals surface area (Å²) in [6, 6.07) is 1.06. The Balaban J connectivity index is 1.81. The van der Waals surface area contributed by atoms with E-state index in [9.17, 15) is 19.1 Å². The summed E-state index contributed by atoms with van der Waals surface area (Å²) in [7, 11) is 3.28. The number of pyridine rings is 2. The van der Waals surface area contributed by atoms with Crippen molar-refractivity contribution in [2.45, 2.75) is 31.3 Å². The van der Waals surface area contributed by atoms with E-state index in [4.69, 9.17) is 4.84 Å². The van der Waals surface area contributed by atoms with Crippen LogP contribution in [0.4, 0.5) is 10.2 Å². The van der Waals surface area contributed by atoms with Crippen molar-refractivity contribution in [3.63, 3.8) is 0 Å². The minimum atomic E-state index is -1.33. The number of anilines is 1. The van der Waals surface area contributed by atoms with Crippen LogP contribution in [0.15, 0.2) is 22.2 Å². The van der Waals surface area contributed by atoms with Crippen molar-refractivity contribution in [2.75, 3.05) is 32.1 Å². The predicted molar refractivity (Wildman–Crippen MR) is 105 cm³/mol. The first-order chi connectivity index (χ1) is 13.9. The lowest BCUT2D eigenvalue weighted by Crippen LogP contribution is -2.51. The summed E-state index contributed by atoms with van der Waals surface area (Å²) in [5.74, 6) is -1.83. The van der Waals surface area contributed by atoms with Gasteiger partial charge in [0.1, 0.15) is 18.3 Å². The number of carboxylic acid groups (broad SMARTS) is 1. The first-order valence-electron chi connectivity index (χ1n) is 9.45. The lowest BCUT2D eigenvalue weighted by molar-refractivity contribution is 0.0695. The minimum absolute atomic E-state index is 0.0122. The summed E-state index contributed by atoms with van der Waals surface area (Å²) in [4.78, 5) is 35.2. The van der Waals surface area contributed by atoms with E-state index >= 15 is 0 Å². The van der Waals surface area contributed by atoms with Crippen molar-refractivity contribution in [1.82, 2.24) is 14.9 Å². The molecule has 2 fully saturated rings. The highest BCUT2D eigenvalue weighted by Gasteiger charge is 2.31. The molecule has 4 rings (SSSR count). The zero-order valence-corrected chi connectivity index (χ0v) is 16.2. The number of aromatic carboxylic acids is 1. The van der Waals surface area contributed by atoms with E-state index in [0.717, 1.165) is 24.6 Å². The summed E-state index contributed by atoms with van der Waals surface area (Å²) in [6.45, 7) is 0.936. The number of carboxylic acids is 1. The van der Waals surface area contributed by atoms with Crippen LogP contribution >= 0.6 is 0 Å². The summed E-state index contributed by atoms with van der Waals surface area (Å²) < 4.78 is 16.7. The van der Waals surface area contributed by atoms with Gasteiger partial charge in [-0.05, 0) is 26.0 Å². The fourth-order valence-corrected chi connectivity index (χ4v) is 3.76. The van der Waals surface area contributed by atoms with Gasteiger partial charge in [0.15, 0.2) is 11.6 Å². The quantitative estimate of drug-likeness (QED) is 0.726. The topological polar surface area (TPSA) is 109 Å². The molecular weight excluding hydrogens is 381 g/mol. The van der Waals surface area contributed by atoms with Crippen molar-refractivity contribution < 1.29 is 19.1 Å². The van der Waals surface area contributed by atoms with Crippen molar-refractivity contribution >= 4 is 28.5 Å². The van der Waals surface area contributed by atoms with Crippen molar-refractivity contribution in [1.29, 1.82) is 0 Å². The molecule has 1 unspecified atom stereocenters. The van der Waals surface area contributed by atoms with E-state index in [1.165, 1.54) is 13.3 Å². The van der Waals surface area contributed by atoms with E-state index in [0.29, 0.717) is 25.2 Å². The van der Waals surface area contributed by atoms with Crippen LogP contribution in [-0.4, -0.2) is 59.6 Å². The van der Waals surface area contributed by atoms with Gasteiger partial charge >= 0.3 is 5.97 Å². The molecule has 0 radical (unpaired) electrons. The van der Waals surface area contributed by atoms with E-state index in [-0.39, 0.29) is 28.9 Å². The number of rotatable bonds is 5. The molecular formula is C19H22FN5O4. The zero-order chi connectivity index (χ0) is 20.7. The fourth-order valence-electron chi connectivity index (χ4n) is 3.76. The Morgan fingerprint density at radius 1 is 1.45 bits per heavy atom. The number of likely N-dealkylation sites (N-methyl/N-ethyl adjacent to an activating group) is 1. The molecule has 2 N–H and O–H groups in total. The second-order valence-corrected chi connectivity index (χ2v) is 7.28. The van der Waals surface area contributed by atoms with Gasteiger partial charge in [-0.1, -0.05) is 5.16 Å². The Morgan fingerprint density at radius 2 is 2.21 bits per heavy atom. The van der Waals surface area contributed by atoms with Gasteiger partial charge in [-0.3, -0.25) is 4.79 Å². The molecule has 1 aliphatic heterocycles. The van der Waals surface area contributed by atoms with E-state index in [1.807, 2.05) is 0 Å². The van der Waals surface area contributed by atoms with Crippen LogP contribution in [0.25, 0.3) is 11.0 Å². The maximum absolute atomic E-state index is 15.0. The molecule has 0 spiro atoms. The average molecular weight is 403 g/mol. The molecule has 29 heavy (non-hydrogen) atoms. The Morgan fingerprint density at radius 3 is 2.83 bits per heavy atom. The van der Waals surface area contributed by atoms with Gasteiger partial charge in [0.25, 0.3) is 0 Å². The molecule has 0 aromatic carbocycles. The number of piperidine rings is 1. The van der Waals surface area contributed by atoms with E-state index in [1.54, 1.807) is 16.5 Å². The average Bonchev–Trinajstić information content (AvgIpc) is 3.54. The van der Waals surface area contributed by atoms with Gasteiger partial charge in [-0.25, -0.2) is 14.2 Å². The van der Waals surface area contributed by atoms with Crippen LogP contribution in [0.3, 0.4) is 0 Å². The van der Waals surface area contributed by atoms with Crippen LogP contribution in [0.1, 0.15) is 35.7 Å². The van der Waals surface area contributed by atoms with Crippen LogP contribution in [0, 0.1) is 5.82 Å². The Kier molecular flexibility index (Phi) is 4.95. The predicted octanol–water partition coefficient (Wildman–Crippen LogP) is 1.37. The first-order valence-corrected chi connectivity index (χ1v) is 9.45. The fraction of sp³-hybridized carbons (Fsp3) is 0.474. The van der Waals surface area contributed by atoms with Gasteiger partial charge in [-0.2, -0.15) is 0 Å². The van der Waals surface area contributed by atoms with Gasteiger partial charge in [0.05, 0.1) is 17.1 Å². The lowest BCUT2D eigenvalue weighted by atomic mass is 10.0. The molecule has 1 saturated heterocycles. The third-order valence-electron chi connectivity index (χ3n) is 5.41. The molecule has 1 atom stereocenters. The molecule has 0 bridgehead atoms. The monoisotopic (exact) mass is 403 g/mol. The molecule has 1 saturated carbocycles. The Bertz CT molecular complexity index is 1060. The summed E-state index contributed by atoms with van der Waals surface area (Å²) >= 11 is 0. The molecule has 2 aromatic rings. The highest BCUT2D eigenvalue weighted by Crippen LogP contribution is 2.37. The number of aromatic nitrogens is 2. The van der Waals surface area contributed by atoms with Crippen LogP contribution in [0.2, 0.25) is 0 Å². The van der Waals surface area contributed by atoms with Crippen molar-refractivity contribution in [3.8, 4) is 0 Å². The summed E-state index contributed by atoms with van der Waals surface area (Å²) in [5, 5.41) is 16.5. The largest absolute Gasteiger partial charge is 0.477 e. The molecule has 10 heteroatoms. The zero-order valence-electron chi connectivity index (χ0n) is 16.2. The number of fused-ring (bicyclic) bond motifs is 1. The SMILES string of the molecule is CNC1CN(c2nc3c(cc2F)c(=O)c(C(=O)O)cn3C2CC2)CCC1=NOC. The standard InChI is InChI=1S/C19H22FN5O4/c1-21-15-9-24(6-5-14(15)23-29-2)18-13(20)7-11-16(26)12(19(27)28)8-25(10-3-4-10)17(11)22-18/h7-8,10,15,21H,3-6,9H2,1-2H3,(H,27,28). The molecule has 0 amide bonds. The highest BCUT2D eigenvalue weighted by molar-refractivity contribution is 5.93. The molecule has 3 heterocycles.